The second-order valence-corrected chi connectivity index (χ2v) is 6.28. The summed E-state index contributed by atoms with van der Waals surface area (Å²) in [6, 6.07) is 13.8. The van der Waals surface area contributed by atoms with Gasteiger partial charge in [0.2, 0.25) is 0 Å². The first-order valence-electron chi connectivity index (χ1n) is 6.67. The van der Waals surface area contributed by atoms with Crippen molar-refractivity contribution in [2.45, 2.75) is 4.90 Å². The molecule has 22 heavy (non-hydrogen) atoms. The average molecular weight is 318 g/mol. The molecule has 0 bridgehead atoms. The van der Waals surface area contributed by atoms with E-state index in [0.717, 1.165) is 16.2 Å². The first kappa shape index (κ1) is 14.8. The molecule has 0 fully saturated rings. The van der Waals surface area contributed by atoms with Crippen LogP contribution in [0.4, 0.5) is 0 Å². The van der Waals surface area contributed by atoms with E-state index in [9.17, 15) is 13.0 Å². The van der Waals surface area contributed by atoms with E-state index >= 15 is 0 Å². The molecule has 114 valence electrons. The molecule has 0 aliphatic rings. The van der Waals surface area contributed by atoms with Gasteiger partial charge in [0.25, 0.3) is 10.1 Å². The molecule has 0 radical (unpaired) electrons. The van der Waals surface area contributed by atoms with Crippen LogP contribution in [0.5, 0.6) is 5.75 Å². The van der Waals surface area contributed by atoms with Gasteiger partial charge in [-0.1, -0.05) is 30.3 Å². The number of aliphatic hydroxyl groups is 1. The van der Waals surface area contributed by atoms with Gasteiger partial charge >= 0.3 is 0 Å². The first-order valence-corrected chi connectivity index (χ1v) is 8.11. The summed E-state index contributed by atoms with van der Waals surface area (Å²) in [7, 11) is -4.29. The Labute approximate surface area is 127 Å². The Bertz CT molecular complexity index is 947. The summed E-state index contributed by atoms with van der Waals surface area (Å²) < 4.78 is 37.5. The maximum Gasteiger partial charge on any atom is 0.294 e. The van der Waals surface area contributed by atoms with Crippen molar-refractivity contribution >= 4 is 31.7 Å². The highest BCUT2D eigenvalue weighted by Gasteiger charge is 2.14. The van der Waals surface area contributed by atoms with Crippen LogP contribution >= 0.6 is 0 Å². The third-order valence-electron chi connectivity index (χ3n) is 3.42. The van der Waals surface area contributed by atoms with Gasteiger partial charge in [-0.2, -0.15) is 8.42 Å². The van der Waals surface area contributed by atoms with Crippen molar-refractivity contribution in [1.29, 1.82) is 0 Å². The van der Waals surface area contributed by atoms with Crippen LogP contribution in [0.2, 0.25) is 0 Å². The fraction of sp³-hybridized carbons (Fsp3) is 0.125. The largest absolute Gasteiger partial charge is 0.490 e. The molecular formula is C16H14O5S. The van der Waals surface area contributed by atoms with E-state index in [1.165, 1.54) is 12.1 Å². The van der Waals surface area contributed by atoms with E-state index in [0.29, 0.717) is 11.1 Å². The number of hydrogen-bond donors (Lipinski definition) is 2. The van der Waals surface area contributed by atoms with Gasteiger partial charge in [0.15, 0.2) is 0 Å². The normalized spacial score (nSPS) is 11.9. The molecule has 3 rings (SSSR count). The quantitative estimate of drug-likeness (QED) is 0.570. The fourth-order valence-corrected chi connectivity index (χ4v) is 2.97. The van der Waals surface area contributed by atoms with E-state index in [4.69, 9.17) is 9.84 Å². The first-order chi connectivity index (χ1) is 10.5. The smallest absolute Gasteiger partial charge is 0.294 e. The van der Waals surface area contributed by atoms with Crippen LogP contribution in [0, 0.1) is 0 Å². The van der Waals surface area contributed by atoms with Crippen molar-refractivity contribution in [1.82, 2.24) is 0 Å². The topological polar surface area (TPSA) is 83.8 Å². The van der Waals surface area contributed by atoms with Gasteiger partial charge in [0, 0.05) is 10.8 Å². The molecule has 0 saturated heterocycles. The van der Waals surface area contributed by atoms with Crippen LogP contribution in [0.1, 0.15) is 0 Å². The van der Waals surface area contributed by atoms with E-state index in [-0.39, 0.29) is 18.1 Å². The van der Waals surface area contributed by atoms with Gasteiger partial charge in [-0.3, -0.25) is 4.55 Å². The molecule has 2 N–H and O–H groups in total. The van der Waals surface area contributed by atoms with Crippen LogP contribution in [0.15, 0.2) is 53.4 Å². The summed E-state index contributed by atoms with van der Waals surface area (Å²) >= 11 is 0. The Balaban J connectivity index is 2.37. The maximum absolute atomic E-state index is 11.3. The second kappa shape index (κ2) is 5.57. The number of benzene rings is 3. The van der Waals surface area contributed by atoms with Crippen LogP contribution in [0.3, 0.4) is 0 Å². The van der Waals surface area contributed by atoms with E-state index < -0.39 is 10.1 Å². The molecule has 6 heteroatoms. The molecule has 0 heterocycles. The SMILES string of the molecule is O=S(=O)(O)c1ccc2cc3ccccc3c(OCCO)c2c1. The van der Waals surface area contributed by atoms with Crippen LogP contribution in [-0.2, 0) is 10.1 Å². The lowest BCUT2D eigenvalue weighted by molar-refractivity contribution is 0.204. The van der Waals surface area contributed by atoms with Gasteiger partial charge in [-0.15, -0.1) is 0 Å². The van der Waals surface area contributed by atoms with Crippen LogP contribution < -0.4 is 4.74 Å². The van der Waals surface area contributed by atoms with Crippen molar-refractivity contribution in [2.24, 2.45) is 0 Å². The fourth-order valence-electron chi connectivity index (χ4n) is 2.46. The van der Waals surface area contributed by atoms with Gasteiger partial charge in [-0.25, -0.2) is 0 Å². The standard InChI is InChI=1S/C16H14O5S/c17-7-8-21-16-14-4-2-1-3-11(14)9-12-5-6-13(10-15(12)16)22(18,19)20/h1-6,9-10,17H,7-8H2,(H,18,19,20). The summed E-state index contributed by atoms with van der Waals surface area (Å²) in [6.45, 7) is -0.0537. The number of rotatable bonds is 4. The monoisotopic (exact) mass is 318 g/mol. The highest BCUT2D eigenvalue weighted by molar-refractivity contribution is 7.85. The van der Waals surface area contributed by atoms with E-state index in [1.807, 2.05) is 30.3 Å². The highest BCUT2D eigenvalue weighted by atomic mass is 32.2. The van der Waals surface area contributed by atoms with Crippen molar-refractivity contribution in [2.75, 3.05) is 13.2 Å². The zero-order chi connectivity index (χ0) is 15.7. The summed E-state index contributed by atoms with van der Waals surface area (Å²) in [5, 5.41) is 12.1. The van der Waals surface area contributed by atoms with E-state index in [1.54, 1.807) is 6.07 Å². The highest BCUT2D eigenvalue weighted by Crippen LogP contribution is 2.36. The van der Waals surface area contributed by atoms with Crippen molar-refractivity contribution in [3.8, 4) is 5.75 Å². The Hall–Kier alpha value is -2.15. The lowest BCUT2D eigenvalue weighted by atomic mass is 10.0. The number of fused-ring (bicyclic) bond motifs is 2. The average Bonchev–Trinajstić information content (AvgIpc) is 2.50. The predicted molar refractivity (Wildman–Crippen MR) is 83.8 cm³/mol. The van der Waals surface area contributed by atoms with Crippen LogP contribution in [0.25, 0.3) is 21.5 Å². The summed E-state index contributed by atoms with van der Waals surface area (Å²) in [6.07, 6.45) is 0. The second-order valence-electron chi connectivity index (χ2n) is 4.86. The molecule has 0 atom stereocenters. The van der Waals surface area contributed by atoms with Gasteiger partial charge < -0.3 is 9.84 Å². The molecule has 3 aromatic rings. The predicted octanol–water partition coefficient (Wildman–Crippen LogP) is 2.61. The maximum atomic E-state index is 11.3. The Morgan fingerprint density at radius 1 is 0.955 bits per heavy atom. The third kappa shape index (κ3) is 2.64. The van der Waals surface area contributed by atoms with Crippen molar-refractivity contribution in [3.63, 3.8) is 0 Å². The number of ether oxygens (including phenoxy) is 1. The molecule has 5 nitrogen and oxygen atoms in total. The minimum Gasteiger partial charge on any atom is -0.490 e. The molecule has 0 unspecified atom stereocenters. The summed E-state index contributed by atoms with van der Waals surface area (Å²) in [5.41, 5.74) is 0. The molecular weight excluding hydrogens is 304 g/mol. The molecule has 0 aromatic heterocycles. The number of aliphatic hydroxyl groups excluding tert-OH is 1. The third-order valence-corrected chi connectivity index (χ3v) is 4.27. The lowest BCUT2D eigenvalue weighted by Crippen LogP contribution is -2.03. The van der Waals surface area contributed by atoms with Crippen molar-refractivity contribution < 1.29 is 22.8 Å². The van der Waals surface area contributed by atoms with Gasteiger partial charge in [0.1, 0.15) is 12.4 Å². The minimum absolute atomic E-state index is 0.0964. The van der Waals surface area contributed by atoms with Gasteiger partial charge in [-0.05, 0) is 29.0 Å². The Morgan fingerprint density at radius 2 is 1.68 bits per heavy atom. The summed E-state index contributed by atoms with van der Waals surface area (Å²) in [4.78, 5) is -0.191. The van der Waals surface area contributed by atoms with Gasteiger partial charge in [0.05, 0.1) is 11.5 Å². The van der Waals surface area contributed by atoms with Crippen molar-refractivity contribution in [3.05, 3.63) is 48.5 Å². The molecule has 0 aliphatic heterocycles. The molecule has 0 spiro atoms. The summed E-state index contributed by atoms with van der Waals surface area (Å²) in [5.74, 6) is 0.493. The zero-order valence-corrected chi connectivity index (χ0v) is 12.4. The zero-order valence-electron chi connectivity index (χ0n) is 11.6. The molecule has 0 amide bonds. The molecule has 3 aromatic carbocycles. The lowest BCUT2D eigenvalue weighted by Gasteiger charge is -2.13. The minimum atomic E-state index is -4.29. The Kier molecular flexibility index (Phi) is 3.74. The molecule has 0 aliphatic carbocycles. The molecule has 0 saturated carbocycles. The number of hydrogen-bond acceptors (Lipinski definition) is 4. The van der Waals surface area contributed by atoms with Crippen LogP contribution in [-0.4, -0.2) is 31.3 Å². The Morgan fingerprint density at radius 3 is 2.41 bits per heavy atom. The van der Waals surface area contributed by atoms with E-state index in [2.05, 4.69) is 0 Å².